The van der Waals surface area contributed by atoms with E-state index in [1.54, 1.807) is 0 Å². The Morgan fingerprint density at radius 3 is 1.38 bits per heavy atom. The van der Waals surface area contributed by atoms with Crippen molar-refractivity contribution in [1.29, 1.82) is 0 Å². The number of allylic oxidation sites excluding steroid dienone is 9. The number of rotatable bonds is 28. The van der Waals surface area contributed by atoms with Crippen molar-refractivity contribution in [1.82, 2.24) is 0 Å². The van der Waals surface area contributed by atoms with Crippen molar-refractivity contribution in [2.45, 2.75) is 169 Å². The van der Waals surface area contributed by atoms with Crippen LogP contribution in [0.4, 0.5) is 0 Å². The van der Waals surface area contributed by atoms with Gasteiger partial charge < -0.3 is 4.74 Å². The first-order chi connectivity index (χ1) is 19.1. The molecule has 0 aliphatic heterocycles. The summed E-state index contributed by atoms with van der Waals surface area (Å²) in [7, 11) is 0. The van der Waals surface area contributed by atoms with E-state index in [0.717, 1.165) is 18.6 Å². The van der Waals surface area contributed by atoms with E-state index in [2.05, 4.69) is 52.2 Å². The van der Waals surface area contributed by atoms with Gasteiger partial charge in [0.05, 0.1) is 0 Å². The molecular formula is C38H66O. The van der Waals surface area contributed by atoms with Gasteiger partial charge in [-0.05, 0) is 57.3 Å². The molecule has 0 fully saturated rings. The van der Waals surface area contributed by atoms with Crippen molar-refractivity contribution < 1.29 is 4.74 Å². The highest BCUT2D eigenvalue weighted by Gasteiger charge is 1.98. The second kappa shape index (κ2) is 29.2. The summed E-state index contributed by atoms with van der Waals surface area (Å²) in [4.78, 5) is 0. The maximum Gasteiger partial charge on any atom is 0.119 e. The van der Waals surface area contributed by atoms with Gasteiger partial charge in [-0.3, -0.25) is 0 Å². The number of ether oxygens (including phenoxy) is 1. The molecule has 0 bridgehead atoms. The topological polar surface area (TPSA) is 9.23 Å². The predicted octanol–water partition coefficient (Wildman–Crippen LogP) is 13.7. The van der Waals surface area contributed by atoms with Crippen LogP contribution < -0.4 is 0 Å². The molecule has 0 saturated heterocycles. The molecule has 0 aliphatic carbocycles. The highest BCUT2D eigenvalue weighted by Crippen LogP contribution is 2.17. The second-order valence-electron chi connectivity index (χ2n) is 11.4. The van der Waals surface area contributed by atoms with Crippen molar-refractivity contribution in [3.05, 3.63) is 72.3 Å². The fourth-order valence-corrected chi connectivity index (χ4v) is 4.91. The Morgan fingerprint density at radius 1 is 0.564 bits per heavy atom. The lowest BCUT2D eigenvalue weighted by atomic mass is 10.0. The molecule has 39 heavy (non-hydrogen) atoms. The smallest absolute Gasteiger partial charge is 0.119 e. The average Bonchev–Trinajstić information content (AvgIpc) is 2.94. The molecule has 0 atom stereocenters. The highest BCUT2D eigenvalue weighted by molar-refractivity contribution is 5.26. The minimum atomic E-state index is 0.689. The molecule has 0 aromatic carbocycles. The molecule has 0 spiro atoms. The lowest BCUT2D eigenvalue weighted by Gasteiger charge is -2.07. The third kappa shape index (κ3) is 26.2. The van der Waals surface area contributed by atoms with Crippen LogP contribution in [0.3, 0.4) is 0 Å². The first-order valence-electron chi connectivity index (χ1n) is 16.8. The molecule has 224 valence electrons. The van der Waals surface area contributed by atoms with Crippen molar-refractivity contribution in [3.8, 4) is 0 Å². The monoisotopic (exact) mass is 539 g/mol. The standard InChI is InChI=1S/C38H66O/c1-7-11-13-15-17-19-21-23-25-27-29-37(9-3)33-31-35(5)39-36(6)32-34-38(10-4)30-28-26-24-22-20-18-16-14-12-8-2/h9-10,31-34H,3,6-8,11-30H2,1-2,4-5H3/b34-32-,35-31+,37-33+,38-10-. The van der Waals surface area contributed by atoms with E-state index in [0.29, 0.717) is 5.76 Å². The quantitative estimate of drug-likeness (QED) is 0.0546. The first-order valence-corrected chi connectivity index (χ1v) is 16.8. The zero-order valence-corrected chi connectivity index (χ0v) is 26.8. The van der Waals surface area contributed by atoms with E-state index < -0.39 is 0 Å². The van der Waals surface area contributed by atoms with Gasteiger partial charge in [0.15, 0.2) is 0 Å². The maximum absolute atomic E-state index is 5.92. The molecule has 0 amide bonds. The lowest BCUT2D eigenvalue weighted by molar-refractivity contribution is 0.324. The maximum atomic E-state index is 5.92. The van der Waals surface area contributed by atoms with Gasteiger partial charge >= 0.3 is 0 Å². The van der Waals surface area contributed by atoms with Crippen LogP contribution >= 0.6 is 0 Å². The fraction of sp³-hybridized carbons (Fsp3) is 0.684. The van der Waals surface area contributed by atoms with E-state index in [9.17, 15) is 0 Å². The van der Waals surface area contributed by atoms with Crippen LogP contribution in [0.1, 0.15) is 169 Å². The third-order valence-corrected chi connectivity index (χ3v) is 7.58. The van der Waals surface area contributed by atoms with Gasteiger partial charge in [-0.15, -0.1) is 0 Å². The Kier molecular flexibility index (Phi) is 27.9. The summed E-state index contributed by atoms with van der Waals surface area (Å²) in [6.07, 6.45) is 42.2. The molecule has 0 heterocycles. The van der Waals surface area contributed by atoms with Gasteiger partial charge in [-0.1, -0.05) is 172 Å². The van der Waals surface area contributed by atoms with Crippen molar-refractivity contribution in [3.63, 3.8) is 0 Å². The van der Waals surface area contributed by atoms with Crippen LogP contribution in [-0.4, -0.2) is 0 Å². The van der Waals surface area contributed by atoms with Crippen molar-refractivity contribution in [2.75, 3.05) is 0 Å². The number of hydrogen-bond donors (Lipinski definition) is 0. The van der Waals surface area contributed by atoms with Crippen molar-refractivity contribution >= 4 is 0 Å². The summed E-state index contributed by atoms with van der Waals surface area (Å²) < 4.78 is 5.92. The molecule has 1 nitrogen and oxygen atoms in total. The van der Waals surface area contributed by atoms with E-state index >= 15 is 0 Å². The molecule has 0 aliphatic rings. The molecule has 0 saturated carbocycles. The summed E-state index contributed by atoms with van der Waals surface area (Å²) in [5.41, 5.74) is 2.65. The molecule has 0 aromatic rings. The largest absolute Gasteiger partial charge is 0.463 e. The van der Waals surface area contributed by atoms with Gasteiger partial charge in [0.1, 0.15) is 11.5 Å². The second-order valence-corrected chi connectivity index (χ2v) is 11.4. The van der Waals surface area contributed by atoms with Crippen LogP contribution in [0.15, 0.2) is 72.3 Å². The molecule has 0 rings (SSSR count). The van der Waals surface area contributed by atoms with Crippen molar-refractivity contribution in [2.24, 2.45) is 0 Å². The Hall–Kier alpha value is -1.76. The number of hydrogen-bond acceptors (Lipinski definition) is 1. The van der Waals surface area contributed by atoms with E-state index in [4.69, 9.17) is 4.74 Å². The van der Waals surface area contributed by atoms with E-state index in [1.165, 1.54) is 140 Å². The van der Waals surface area contributed by atoms with Crippen LogP contribution in [0.2, 0.25) is 0 Å². The summed E-state index contributed by atoms with van der Waals surface area (Å²) >= 11 is 0. The number of unbranched alkanes of at least 4 members (excludes halogenated alkanes) is 18. The van der Waals surface area contributed by atoms with Gasteiger partial charge in [0.25, 0.3) is 0 Å². The summed E-state index contributed by atoms with van der Waals surface area (Å²) in [6.45, 7) is 16.8. The Bertz CT molecular complexity index is 702. The van der Waals surface area contributed by atoms with Crippen LogP contribution in [0, 0.1) is 0 Å². The predicted molar refractivity (Wildman–Crippen MR) is 178 cm³/mol. The van der Waals surface area contributed by atoms with Gasteiger partial charge in [0.2, 0.25) is 0 Å². The zero-order valence-electron chi connectivity index (χ0n) is 26.8. The Morgan fingerprint density at radius 2 is 0.974 bits per heavy atom. The third-order valence-electron chi connectivity index (χ3n) is 7.58. The lowest BCUT2D eigenvalue weighted by Crippen LogP contribution is -1.87. The van der Waals surface area contributed by atoms with Gasteiger partial charge in [0, 0.05) is 0 Å². The van der Waals surface area contributed by atoms with Gasteiger partial charge in [-0.2, -0.15) is 0 Å². The highest BCUT2D eigenvalue weighted by atomic mass is 16.5. The van der Waals surface area contributed by atoms with Gasteiger partial charge in [-0.25, -0.2) is 0 Å². The Labute approximate surface area is 245 Å². The summed E-state index contributed by atoms with van der Waals surface area (Å²) in [6, 6.07) is 0. The summed E-state index contributed by atoms with van der Waals surface area (Å²) in [5, 5.41) is 0. The summed E-state index contributed by atoms with van der Waals surface area (Å²) in [5.74, 6) is 1.55. The van der Waals surface area contributed by atoms with E-state index in [1.807, 2.05) is 25.2 Å². The Balaban J connectivity index is 4.11. The minimum absolute atomic E-state index is 0.689. The molecule has 1 heteroatoms. The molecule has 0 N–H and O–H groups in total. The van der Waals surface area contributed by atoms with E-state index in [-0.39, 0.29) is 0 Å². The SMILES string of the molecule is C=C/C(=C\C=C(/C)OC(=C)/C=C\C(=C/C)CCCCCCCCCCCC)CCCCCCCCCCCC. The first kappa shape index (κ1) is 37.2. The molecular weight excluding hydrogens is 472 g/mol. The molecule has 0 unspecified atom stereocenters. The van der Waals surface area contributed by atoms with Crippen LogP contribution in [0.25, 0.3) is 0 Å². The normalized spacial score (nSPS) is 12.9. The molecule has 0 aromatic heterocycles. The average molecular weight is 539 g/mol. The zero-order chi connectivity index (χ0) is 28.8. The van der Waals surface area contributed by atoms with Crippen LogP contribution in [0.5, 0.6) is 0 Å². The van der Waals surface area contributed by atoms with Crippen LogP contribution in [-0.2, 0) is 4.74 Å². The minimum Gasteiger partial charge on any atom is -0.463 e. The molecule has 0 radical (unpaired) electrons. The fourth-order valence-electron chi connectivity index (χ4n) is 4.91.